The Morgan fingerprint density at radius 2 is 1.88 bits per heavy atom. The first-order valence-electron chi connectivity index (χ1n) is 7.31. The Hall–Kier alpha value is -2.18. The van der Waals surface area contributed by atoms with Crippen molar-refractivity contribution in [2.75, 3.05) is 17.6 Å². The van der Waals surface area contributed by atoms with Crippen molar-refractivity contribution in [2.24, 2.45) is 5.73 Å². The molecule has 0 unspecified atom stereocenters. The maximum Gasteiger partial charge on any atom is 0.316 e. The molecule has 0 aliphatic heterocycles. The third-order valence-corrected chi connectivity index (χ3v) is 4.39. The molecule has 0 saturated heterocycles. The Labute approximate surface area is 150 Å². The van der Waals surface area contributed by atoms with E-state index in [1.54, 1.807) is 36.0 Å². The Morgan fingerprint density at radius 3 is 2.58 bits per heavy atom. The van der Waals surface area contributed by atoms with E-state index >= 15 is 0 Å². The molecular weight excluding hydrogens is 346 g/mol. The minimum Gasteiger partial charge on any atom is -0.351 e. The quantitative estimate of drug-likeness (QED) is 0.658. The monoisotopic (exact) mass is 363 g/mol. The topological polar surface area (TPSA) is 84.2 Å². The maximum absolute atomic E-state index is 12.1. The average molecular weight is 364 g/mol. The molecule has 24 heavy (non-hydrogen) atoms. The van der Waals surface area contributed by atoms with Crippen molar-refractivity contribution in [1.82, 2.24) is 5.32 Å². The van der Waals surface area contributed by atoms with Gasteiger partial charge in [0.2, 0.25) is 0 Å². The lowest BCUT2D eigenvalue weighted by molar-refractivity contribution is 0.0956. The lowest BCUT2D eigenvalue weighted by atomic mass is 10.2. The van der Waals surface area contributed by atoms with E-state index in [-0.39, 0.29) is 5.91 Å². The molecule has 0 atom stereocenters. The van der Waals surface area contributed by atoms with Crippen molar-refractivity contribution in [3.05, 3.63) is 64.7 Å². The van der Waals surface area contributed by atoms with Crippen molar-refractivity contribution < 1.29 is 9.59 Å². The van der Waals surface area contributed by atoms with Gasteiger partial charge in [0.25, 0.3) is 5.91 Å². The molecule has 2 aromatic rings. The van der Waals surface area contributed by atoms with E-state index in [9.17, 15) is 9.59 Å². The van der Waals surface area contributed by atoms with Gasteiger partial charge in [0.05, 0.1) is 0 Å². The molecular formula is C17H18ClN3O2S. The van der Waals surface area contributed by atoms with E-state index in [0.29, 0.717) is 17.8 Å². The van der Waals surface area contributed by atoms with Crippen LogP contribution in [0.5, 0.6) is 0 Å². The molecule has 0 spiro atoms. The fourth-order valence-electron chi connectivity index (χ4n) is 1.99. The number of anilines is 1. The number of amides is 3. The smallest absolute Gasteiger partial charge is 0.316 e. The second-order valence-corrected chi connectivity index (χ2v) is 6.55. The summed E-state index contributed by atoms with van der Waals surface area (Å²) in [4.78, 5) is 22.9. The molecule has 0 fully saturated rings. The number of primary amides is 1. The van der Waals surface area contributed by atoms with E-state index in [2.05, 4.69) is 10.6 Å². The van der Waals surface area contributed by atoms with Gasteiger partial charge in [-0.3, -0.25) is 4.79 Å². The largest absolute Gasteiger partial charge is 0.351 e. The number of nitrogens with two attached hydrogens (primary N) is 1. The van der Waals surface area contributed by atoms with Crippen molar-refractivity contribution in [3.8, 4) is 0 Å². The molecule has 2 rings (SSSR count). The normalized spacial score (nSPS) is 10.2. The van der Waals surface area contributed by atoms with Crippen LogP contribution in [0.1, 0.15) is 15.9 Å². The number of hydrogen-bond donors (Lipinski definition) is 3. The van der Waals surface area contributed by atoms with Crippen LogP contribution in [-0.2, 0) is 5.75 Å². The fraction of sp³-hybridized carbons (Fsp3) is 0.176. The number of urea groups is 1. The van der Waals surface area contributed by atoms with Crippen LogP contribution in [-0.4, -0.2) is 24.2 Å². The van der Waals surface area contributed by atoms with Crippen molar-refractivity contribution in [1.29, 1.82) is 0 Å². The summed E-state index contributed by atoms with van der Waals surface area (Å²) < 4.78 is 0. The second kappa shape index (κ2) is 9.20. The zero-order valence-corrected chi connectivity index (χ0v) is 14.5. The van der Waals surface area contributed by atoms with Gasteiger partial charge in [-0.15, -0.1) is 0 Å². The molecule has 0 heterocycles. The van der Waals surface area contributed by atoms with Gasteiger partial charge in [0.15, 0.2) is 0 Å². The fourth-order valence-corrected chi connectivity index (χ4v) is 2.93. The van der Waals surface area contributed by atoms with Gasteiger partial charge in [-0.25, -0.2) is 4.79 Å². The first-order chi connectivity index (χ1) is 11.5. The highest BCUT2D eigenvalue weighted by molar-refractivity contribution is 7.98. The van der Waals surface area contributed by atoms with Gasteiger partial charge in [-0.05, 0) is 35.9 Å². The standard InChI is InChI=1S/C17H18ClN3O2S/c18-14-6-4-12(5-7-14)11-24-9-8-20-16(22)13-2-1-3-15(10-13)21-17(19)23/h1-7,10H,8-9,11H2,(H,20,22)(H3,19,21,23). The Kier molecular flexibility index (Phi) is 6.96. The van der Waals surface area contributed by atoms with Crippen molar-refractivity contribution >= 4 is 41.0 Å². The predicted octanol–water partition coefficient (Wildman–Crippen LogP) is 3.49. The molecule has 0 radical (unpaired) electrons. The first-order valence-corrected chi connectivity index (χ1v) is 8.85. The molecule has 5 nitrogen and oxygen atoms in total. The molecule has 2 aromatic carbocycles. The summed E-state index contributed by atoms with van der Waals surface area (Å²) >= 11 is 7.57. The Bertz CT molecular complexity index is 707. The number of halogens is 1. The van der Waals surface area contributed by atoms with E-state index in [4.69, 9.17) is 17.3 Å². The zero-order valence-electron chi connectivity index (χ0n) is 12.9. The van der Waals surface area contributed by atoms with Crippen LogP contribution >= 0.6 is 23.4 Å². The van der Waals surface area contributed by atoms with Gasteiger partial charge < -0.3 is 16.4 Å². The number of hydrogen-bond acceptors (Lipinski definition) is 3. The summed E-state index contributed by atoms with van der Waals surface area (Å²) in [6.45, 7) is 0.560. The van der Waals surface area contributed by atoms with Gasteiger partial charge in [0.1, 0.15) is 0 Å². The number of thioether (sulfide) groups is 1. The SMILES string of the molecule is NC(=O)Nc1cccc(C(=O)NCCSCc2ccc(Cl)cc2)c1. The van der Waals surface area contributed by atoms with Gasteiger partial charge >= 0.3 is 6.03 Å². The number of rotatable bonds is 7. The molecule has 126 valence electrons. The lowest BCUT2D eigenvalue weighted by Gasteiger charge is -2.07. The van der Waals surface area contributed by atoms with Crippen LogP contribution in [0, 0.1) is 0 Å². The minimum atomic E-state index is -0.661. The van der Waals surface area contributed by atoms with Crippen molar-refractivity contribution in [2.45, 2.75) is 5.75 Å². The molecule has 0 aliphatic rings. The summed E-state index contributed by atoms with van der Waals surface area (Å²) in [5.41, 5.74) is 7.22. The Morgan fingerprint density at radius 1 is 1.12 bits per heavy atom. The third-order valence-electron chi connectivity index (χ3n) is 3.11. The minimum absolute atomic E-state index is 0.185. The van der Waals surface area contributed by atoms with Crippen LogP contribution in [0.25, 0.3) is 0 Å². The van der Waals surface area contributed by atoms with E-state index < -0.39 is 6.03 Å². The first kappa shape index (κ1) is 18.2. The Balaban J connectivity index is 1.73. The predicted molar refractivity (Wildman–Crippen MR) is 99.6 cm³/mol. The second-order valence-electron chi connectivity index (χ2n) is 5.01. The summed E-state index contributed by atoms with van der Waals surface area (Å²) in [6, 6.07) is 13.7. The van der Waals surface area contributed by atoms with E-state index in [0.717, 1.165) is 16.5 Å². The van der Waals surface area contributed by atoms with Crippen LogP contribution in [0.3, 0.4) is 0 Å². The molecule has 0 aromatic heterocycles. The maximum atomic E-state index is 12.1. The van der Waals surface area contributed by atoms with Gasteiger partial charge in [-0.2, -0.15) is 11.8 Å². The highest BCUT2D eigenvalue weighted by Crippen LogP contribution is 2.15. The zero-order chi connectivity index (χ0) is 17.4. The lowest BCUT2D eigenvalue weighted by Crippen LogP contribution is -2.26. The highest BCUT2D eigenvalue weighted by Gasteiger charge is 2.06. The average Bonchev–Trinajstić information content (AvgIpc) is 2.55. The van der Waals surface area contributed by atoms with Crippen LogP contribution in [0.15, 0.2) is 48.5 Å². The van der Waals surface area contributed by atoms with E-state index in [1.807, 2.05) is 24.3 Å². The molecule has 3 amide bonds. The molecule has 4 N–H and O–H groups in total. The van der Waals surface area contributed by atoms with Crippen molar-refractivity contribution in [3.63, 3.8) is 0 Å². The van der Waals surface area contributed by atoms with Crippen LogP contribution in [0.4, 0.5) is 10.5 Å². The molecule has 7 heteroatoms. The summed E-state index contributed by atoms with van der Waals surface area (Å²) in [5, 5.41) is 6.02. The molecule has 0 aliphatic carbocycles. The molecule has 0 saturated carbocycles. The molecule has 0 bridgehead atoms. The third kappa shape index (κ3) is 6.14. The highest BCUT2D eigenvalue weighted by atomic mass is 35.5. The van der Waals surface area contributed by atoms with Crippen LogP contribution in [0.2, 0.25) is 5.02 Å². The van der Waals surface area contributed by atoms with Gasteiger partial charge in [0, 0.05) is 34.3 Å². The summed E-state index contributed by atoms with van der Waals surface area (Å²) in [5.74, 6) is 1.48. The number of benzene rings is 2. The summed E-state index contributed by atoms with van der Waals surface area (Å²) in [6.07, 6.45) is 0. The number of carbonyl (C=O) groups is 2. The summed E-state index contributed by atoms with van der Waals surface area (Å²) in [7, 11) is 0. The van der Waals surface area contributed by atoms with Gasteiger partial charge in [-0.1, -0.05) is 29.8 Å². The number of nitrogens with one attached hydrogen (secondary N) is 2. The van der Waals surface area contributed by atoms with E-state index in [1.165, 1.54) is 5.56 Å². The number of carbonyl (C=O) groups excluding carboxylic acids is 2. The van der Waals surface area contributed by atoms with Crippen LogP contribution < -0.4 is 16.4 Å².